The maximum Gasteiger partial charge on any atom is 0.123 e. The summed E-state index contributed by atoms with van der Waals surface area (Å²) in [6.45, 7) is 5.98. The number of rotatable bonds is 2. The molecule has 0 bridgehead atoms. The molecule has 2 rings (SSSR count). The molecule has 0 amide bonds. The lowest BCUT2D eigenvalue weighted by Gasteiger charge is -2.08. The van der Waals surface area contributed by atoms with Gasteiger partial charge in [0.2, 0.25) is 0 Å². The highest BCUT2D eigenvalue weighted by atomic mass is 16.3. The van der Waals surface area contributed by atoms with Crippen molar-refractivity contribution >= 4 is 5.57 Å². The van der Waals surface area contributed by atoms with E-state index in [-0.39, 0.29) is 5.75 Å². The Morgan fingerprint density at radius 2 is 1.75 bits per heavy atom. The van der Waals surface area contributed by atoms with Crippen molar-refractivity contribution in [1.82, 2.24) is 0 Å². The summed E-state index contributed by atoms with van der Waals surface area (Å²) in [5.74, 6) is 0.286. The van der Waals surface area contributed by atoms with Crippen LogP contribution in [0.15, 0.2) is 55.1 Å². The van der Waals surface area contributed by atoms with Crippen molar-refractivity contribution in [1.29, 1.82) is 0 Å². The first kappa shape index (κ1) is 10.5. The standard InChI is InChI=1S/C15H14O/c1-11-8-9-14(15(16)10-11)12(2)13-6-4-3-5-7-13/h3-10,16H,2H2,1H3. The average Bonchev–Trinajstić information content (AvgIpc) is 2.29. The van der Waals surface area contributed by atoms with Crippen LogP contribution in [0.4, 0.5) is 0 Å². The highest BCUT2D eigenvalue weighted by Crippen LogP contribution is 2.29. The van der Waals surface area contributed by atoms with Crippen LogP contribution >= 0.6 is 0 Å². The third-order valence-electron chi connectivity index (χ3n) is 2.60. The van der Waals surface area contributed by atoms with Gasteiger partial charge in [-0.25, -0.2) is 0 Å². The Morgan fingerprint density at radius 1 is 1.06 bits per heavy atom. The minimum atomic E-state index is 0.286. The number of phenolic OH excluding ortho intramolecular Hbond substituents is 1. The SMILES string of the molecule is C=C(c1ccccc1)c1ccc(C)cc1O. The highest BCUT2D eigenvalue weighted by Gasteiger charge is 2.06. The van der Waals surface area contributed by atoms with E-state index >= 15 is 0 Å². The molecule has 0 aliphatic carbocycles. The molecule has 0 radical (unpaired) electrons. The zero-order chi connectivity index (χ0) is 11.5. The van der Waals surface area contributed by atoms with Crippen LogP contribution < -0.4 is 0 Å². The third kappa shape index (κ3) is 1.98. The van der Waals surface area contributed by atoms with Gasteiger partial charge in [-0.05, 0) is 29.7 Å². The molecular formula is C15H14O. The van der Waals surface area contributed by atoms with Gasteiger partial charge in [-0.15, -0.1) is 0 Å². The second-order valence-corrected chi connectivity index (χ2v) is 3.87. The van der Waals surface area contributed by atoms with Crippen molar-refractivity contribution in [3.05, 3.63) is 71.8 Å². The number of hydrogen-bond donors (Lipinski definition) is 1. The van der Waals surface area contributed by atoms with Gasteiger partial charge in [-0.3, -0.25) is 0 Å². The molecule has 0 atom stereocenters. The summed E-state index contributed by atoms with van der Waals surface area (Å²) >= 11 is 0. The summed E-state index contributed by atoms with van der Waals surface area (Å²) in [5.41, 5.74) is 3.71. The van der Waals surface area contributed by atoms with Crippen LogP contribution in [0, 0.1) is 6.92 Å². The zero-order valence-electron chi connectivity index (χ0n) is 9.27. The average molecular weight is 210 g/mol. The molecule has 2 aromatic carbocycles. The Morgan fingerprint density at radius 3 is 2.38 bits per heavy atom. The summed E-state index contributed by atoms with van der Waals surface area (Å²) in [7, 11) is 0. The van der Waals surface area contributed by atoms with Crippen molar-refractivity contribution in [3.63, 3.8) is 0 Å². The molecule has 80 valence electrons. The van der Waals surface area contributed by atoms with Gasteiger partial charge in [0.25, 0.3) is 0 Å². The number of benzene rings is 2. The van der Waals surface area contributed by atoms with Crippen LogP contribution in [0.3, 0.4) is 0 Å². The van der Waals surface area contributed by atoms with E-state index < -0.39 is 0 Å². The topological polar surface area (TPSA) is 20.2 Å². The maximum absolute atomic E-state index is 9.86. The third-order valence-corrected chi connectivity index (χ3v) is 2.60. The molecule has 0 saturated carbocycles. The van der Waals surface area contributed by atoms with E-state index in [4.69, 9.17) is 0 Å². The minimum Gasteiger partial charge on any atom is -0.507 e. The van der Waals surface area contributed by atoms with Gasteiger partial charge >= 0.3 is 0 Å². The van der Waals surface area contributed by atoms with Gasteiger partial charge in [0.15, 0.2) is 0 Å². The number of aryl methyl sites for hydroxylation is 1. The van der Waals surface area contributed by atoms with Crippen LogP contribution in [0.5, 0.6) is 5.75 Å². The first-order valence-corrected chi connectivity index (χ1v) is 5.23. The summed E-state index contributed by atoms with van der Waals surface area (Å²) in [4.78, 5) is 0. The summed E-state index contributed by atoms with van der Waals surface area (Å²) in [6, 6.07) is 15.5. The van der Waals surface area contributed by atoms with Gasteiger partial charge in [-0.2, -0.15) is 0 Å². The maximum atomic E-state index is 9.86. The Labute approximate surface area is 95.7 Å². The van der Waals surface area contributed by atoms with Gasteiger partial charge < -0.3 is 5.11 Å². The molecule has 1 N–H and O–H groups in total. The van der Waals surface area contributed by atoms with Crippen LogP contribution in [-0.2, 0) is 0 Å². The largest absolute Gasteiger partial charge is 0.507 e. The molecule has 16 heavy (non-hydrogen) atoms. The van der Waals surface area contributed by atoms with Crippen molar-refractivity contribution in [2.75, 3.05) is 0 Å². The Kier molecular flexibility index (Phi) is 2.78. The molecule has 2 aromatic rings. The van der Waals surface area contributed by atoms with Crippen LogP contribution in [0.2, 0.25) is 0 Å². The predicted octanol–water partition coefficient (Wildman–Crippen LogP) is 3.76. The molecule has 0 spiro atoms. The van der Waals surface area contributed by atoms with Gasteiger partial charge in [-0.1, -0.05) is 49.0 Å². The smallest absolute Gasteiger partial charge is 0.123 e. The molecule has 0 saturated heterocycles. The van der Waals surface area contributed by atoms with Crippen LogP contribution in [0.1, 0.15) is 16.7 Å². The molecule has 1 heteroatoms. The fraction of sp³-hybridized carbons (Fsp3) is 0.0667. The van der Waals surface area contributed by atoms with E-state index in [9.17, 15) is 5.11 Å². The van der Waals surface area contributed by atoms with E-state index in [0.717, 1.165) is 22.3 Å². The molecule has 0 heterocycles. The van der Waals surface area contributed by atoms with Gasteiger partial charge in [0.05, 0.1) is 0 Å². The fourth-order valence-electron chi connectivity index (χ4n) is 1.69. The summed E-state index contributed by atoms with van der Waals surface area (Å²) in [6.07, 6.45) is 0. The summed E-state index contributed by atoms with van der Waals surface area (Å²) in [5, 5.41) is 9.86. The quantitative estimate of drug-likeness (QED) is 0.800. The van der Waals surface area contributed by atoms with Crippen LogP contribution in [0.25, 0.3) is 5.57 Å². The Balaban J connectivity index is 2.42. The molecule has 1 nitrogen and oxygen atoms in total. The van der Waals surface area contributed by atoms with E-state index in [1.807, 2.05) is 49.4 Å². The lowest BCUT2D eigenvalue weighted by molar-refractivity contribution is 0.473. The summed E-state index contributed by atoms with van der Waals surface area (Å²) < 4.78 is 0. The minimum absolute atomic E-state index is 0.286. The highest BCUT2D eigenvalue weighted by molar-refractivity contribution is 5.81. The molecule has 0 aromatic heterocycles. The Hall–Kier alpha value is -2.02. The zero-order valence-corrected chi connectivity index (χ0v) is 9.27. The molecule has 0 aliphatic rings. The number of aromatic hydroxyl groups is 1. The number of phenols is 1. The first-order chi connectivity index (χ1) is 7.68. The second-order valence-electron chi connectivity index (χ2n) is 3.87. The lowest BCUT2D eigenvalue weighted by atomic mass is 9.98. The lowest BCUT2D eigenvalue weighted by Crippen LogP contribution is -1.87. The monoisotopic (exact) mass is 210 g/mol. The van der Waals surface area contributed by atoms with Crippen molar-refractivity contribution in [2.45, 2.75) is 6.92 Å². The van der Waals surface area contributed by atoms with E-state index in [0.29, 0.717) is 0 Å². The van der Waals surface area contributed by atoms with Gasteiger partial charge in [0, 0.05) is 5.56 Å². The molecule has 0 fully saturated rings. The second kappa shape index (κ2) is 4.23. The molecule has 0 aliphatic heterocycles. The van der Waals surface area contributed by atoms with Crippen LogP contribution in [-0.4, -0.2) is 5.11 Å². The fourth-order valence-corrected chi connectivity index (χ4v) is 1.69. The predicted molar refractivity (Wildman–Crippen MR) is 67.4 cm³/mol. The number of hydrogen-bond acceptors (Lipinski definition) is 1. The normalized spacial score (nSPS) is 10.1. The first-order valence-electron chi connectivity index (χ1n) is 5.23. The van der Waals surface area contributed by atoms with Crippen molar-refractivity contribution in [2.24, 2.45) is 0 Å². The van der Waals surface area contributed by atoms with Crippen molar-refractivity contribution < 1.29 is 5.11 Å². The molecular weight excluding hydrogens is 196 g/mol. The molecule has 0 unspecified atom stereocenters. The van der Waals surface area contributed by atoms with Gasteiger partial charge in [0.1, 0.15) is 5.75 Å². The van der Waals surface area contributed by atoms with E-state index in [1.54, 1.807) is 6.07 Å². The van der Waals surface area contributed by atoms with Crippen molar-refractivity contribution in [3.8, 4) is 5.75 Å². The van der Waals surface area contributed by atoms with E-state index in [2.05, 4.69) is 6.58 Å². The van der Waals surface area contributed by atoms with E-state index in [1.165, 1.54) is 0 Å². The Bertz CT molecular complexity index is 512.